The molecule has 1 aliphatic rings. The van der Waals surface area contributed by atoms with Crippen molar-refractivity contribution in [2.75, 3.05) is 11.9 Å². The molecule has 6 nitrogen and oxygen atoms in total. The summed E-state index contributed by atoms with van der Waals surface area (Å²) in [5.74, 6) is -1.02. The van der Waals surface area contributed by atoms with Crippen molar-refractivity contribution in [1.82, 2.24) is 4.68 Å². The van der Waals surface area contributed by atoms with Gasteiger partial charge in [0.25, 0.3) is 0 Å². The Kier molecular flexibility index (Phi) is 3.60. The van der Waals surface area contributed by atoms with Gasteiger partial charge >= 0.3 is 5.97 Å². The van der Waals surface area contributed by atoms with Crippen LogP contribution in [0.3, 0.4) is 0 Å². The van der Waals surface area contributed by atoms with Crippen LogP contribution in [0.5, 0.6) is 0 Å². The van der Waals surface area contributed by atoms with E-state index >= 15 is 0 Å². The number of nitrogens with zero attached hydrogens (tertiary/aromatic N) is 1. The molecule has 0 aromatic carbocycles. The van der Waals surface area contributed by atoms with E-state index in [1.165, 1.54) is 11.8 Å². The van der Waals surface area contributed by atoms with Crippen molar-refractivity contribution in [1.29, 1.82) is 0 Å². The molecule has 7 heteroatoms. The molecule has 2 rings (SSSR count). The SMILES string of the molecule is COC(=O)C1CCCC1S(=O)(=O)Nn1cccc1. The summed E-state index contributed by atoms with van der Waals surface area (Å²) in [7, 11) is -2.29. The summed E-state index contributed by atoms with van der Waals surface area (Å²) < 4.78 is 30.4. The lowest BCUT2D eigenvalue weighted by atomic mass is 10.1. The van der Waals surface area contributed by atoms with Gasteiger partial charge in [-0.3, -0.25) is 9.47 Å². The Morgan fingerprint density at radius 3 is 2.61 bits per heavy atom. The Morgan fingerprint density at radius 2 is 2.00 bits per heavy atom. The molecule has 1 saturated carbocycles. The van der Waals surface area contributed by atoms with E-state index < -0.39 is 27.2 Å². The molecule has 1 aliphatic carbocycles. The molecule has 1 fully saturated rings. The minimum absolute atomic E-state index is 0.449. The number of methoxy groups -OCH3 is 1. The first-order chi connectivity index (χ1) is 8.54. The van der Waals surface area contributed by atoms with Crippen LogP contribution in [0.25, 0.3) is 0 Å². The van der Waals surface area contributed by atoms with E-state index in [0.29, 0.717) is 12.8 Å². The third-order valence-corrected chi connectivity index (χ3v) is 5.02. The Balaban J connectivity index is 2.16. The number of nitrogens with one attached hydrogen (secondary N) is 1. The predicted molar refractivity (Wildman–Crippen MR) is 65.9 cm³/mol. The second-order valence-electron chi connectivity index (χ2n) is 4.33. The van der Waals surface area contributed by atoms with Crippen LogP contribution >= 0.6 is 0 Å². The minimum Gasteiger partial charge on any atom is -0.469 e. The molecule has 0 aliphatic heterocycles. The highest BCUT2D eigenvalue weighted by molar-refractivity contribution is 7.93. The van der Waals surface area contributed by atoms with Crippen molar-refractivity contribution in [3.8, 4) is 0 Å². The van der Waals surface area contributed by atoms with Crippen LogP contribution in [-0.2, 0) is 19.6 Å². The molecule has 1 aromatic heterocycles. The highest BCUT2D eigenvalue weighted by atomic mass is 32.2. The van der Waals surface area contributed by atoms with Crippen molar-refractivity contribution in [3.05, 3.63) is 24.5 Å². The fraction of sp³-hybridized carbons (Fsp3) is 0.545. The average molecular weight is 272 g/mol. The first-order valence-corrected chi connectivity index (χ1v) is 7.31. The van der Waals surface area contributed by atoms with Gasteiger partial charge in [-0.25, -0.2) is 13.2 Å². The maximum absolute atomic E-state index is 12.2. The molecule has 1 aromatic rings. The van der Waals surface area contributed by atoms with Gasteiger partial charge in [-0.05, 0) is 25.0 Å². The van der Waals surface area contributed by atoms with Crippen LogP contribution in [0.15, 0.2) is 24.5 Å². The molecule has 18 heavy (non-hydrogen) atoms. The highest BCUT2D eigenvalue weighted by Gasteiger charge is 2.42. The van der Waals surface area contributed by atoms with Gasteiger partial charge in [-0.2, -0.15) is 0 Å². The van der Waals surface area contributed by atoms with Gasteiger partial charge in [-0.15, -0.1) is 0 Å². The molecule has 0 amide bonds. The van der Waals surface area contributed by atoms with Crippen LogP contribution in [0, 0.1) is 5.92 Å². The average Bonchev–Trinajstić information content (AvgIpc) is 2.97. The predicted octanol–water partition coefficient (Wildman–Crippen LogP) is 0.703. The fourth-order valence-corrected chi connectivity index (χ4v) is 4.04. The molecule has 0 spiro atoms. The van der Waals surface area contributed by atoms with Crippen molar-refractivity contribution < 1.29 is 17.9 Å². The molecule has 1 N–H and O–H groups in total. The van der Waals surface area contributed by atoms with Gasteiger partial charge in [0.05, 0.1) is 18.3 Å². The van der Waals surface area contributed by atoms with E-state index in [0.717, 1.165) is 6.42 Å². The summed E-state index contributed by atoms with van der Waals surface area (Å²) in [6.45, 7) is 0. The second-order valence-corrected chi connectivity index (χ2v) is 6.20. The van der Waals surface area contributed by atoms with Crippen molar-refractivity contribution >= 4 is 16.0 Å². The number of hydrogen-bond acceptors (Lipinski definition) is 4. The van der Waals surface area contributed by atoms with E-state index in [2.05, 4.69) is 9.57 Å². The monoisotopic (exact) mass is 272 g/mol. The quantitative estimate of drug-likeness (QED) is 0.819. The zero-order valence-electron chi connectivity index (χ0n) is 10.1. The summed E-state index contributed by atoms with van der Waals surface area (Å²) in [5.41, 5.74) is 0. The Morgan fingerprint density at radius 1 is 1.33 bits per heavy atom. The van der Waals surface area contributed by atoms with E-state index in [9.17, 15) is 13.2 Å². The zero-order valence-corrected chi connectivity index (χ0v) is 10.9. The summed E-state index contributed by atoms with van der Waals surface area (Å²) in [6.07, 6.45) is 4.95. The first kappa shape index (κ1) is 12.9. The smallest absolute Gasteiger partial charge is 0.310 e. The van der Waals surface area contributed by atoms with E-state index in [-0.39, 0.29) is 0 Å². The molecule has 1 heterocycles. The first-order valence-electron chi connectivity index (χ1n) is 5.77. The summed E-state index contributed by atoms with van der Waals surface area (Å²) >= 11 is 0. The van der Waals surface area contributed by atoms with Crippen molar-refractivity contribution in [3.63, 3.8) is 0 Å². The number of rotatable bonds is 4. The minimum atomic E-state index is -3.58. The Bertz CT molecular complexity index is 509. The van der Waals surface area contributed by atoms with Crippen LogP contribution in [-0.4, -0.2) is 31.4 Å². The molecule has 0 saturated heterocycles. The number of aromatic nitrogens is 1. The Labute approximate surface area is 106 Å². The number of ether oxygens (including phenoxy) is 1. The topological polar surface area (TPSA) is 77.4 Å². The largest absolute Gasteiger partial charge is 0.469 e. The third-order valence-electron chi connectivity index (χ3n) is 3.19. The number of esters is 1. The molecule has 100 valence electrons. The number of carbonyl (C=O) groups excluding carboxylic acids is 1. The summed E-state index contributed by atoms with van der Waals surface area (Å²) in [4.78, 5) is 14.0. The zero-order chi connectivity index (χ0) is 13.2. The van der Waals surface area contributed by atoms with E-state index in [1.54, 1.807) is 24.5 Å². The lowest BCUT2D eigenvalue weighted by Gasteiger charge is -2.19. The number of carbonyl (C=O) groups is 1. The molecule has 2 atom stereocenters. The summed E-state index contributed by atoms with van der Waals surface area (Å²) in [6, 6.07) is 3.43. The standard InChI is InChI=1S/C11H16N2O4S/c1-17-11(14)9-5-4-6-10(9)18(15,16)12-13-7-2-3-8-13/h2-3,7-10,12H,4-6H2,1H3. The molecular formula is C11H16N2O4S. The van der Waals surface area contributed by atoms with Gasteiger partial charge < -0.3 is 4.74 Å². The van der Waals surface area contributed by atoms with Crippen LogP contribution in [0.4, 0.5) is 0 Å². The van der Waals surface area contributed by atoms with E-state index in [1.807, 2.05) is 0 Å². The molecule has 2 unspecified atom stereocenters. The lowest BCUT2D eigenvalue weighted by Crippen LogP contribution is -2.38. The van der Waals surface area contributed by atoms with Gasteiger partial charge in [0.15, 0.2) is 0 Å². The Hall–Kier alpha value is -1.50. The molecular weight excluding hydrogens is 256 g/mol. The van der Waals surface area contributed by atoms with Crippen molar-refractivity contribution in [2.45, 2.75) is 24.5 Å². The van der Waals surface area contributed by atoms with Crippen molar-refractivity contribution in [2.24, 2.45) is 5.92 Å². The molecule has 0 bridgehead atoms. The highest BCUT2D eigenvalue weighted by Crippen LogP contribution is 2.31. The van der Waals surface area contributed by atoms with Crippen LogP contribution in [0.2, 0.25) is 0 Å². The molecule has 0 radical (unpaired) electrons. The van der Waals surface area contributed by atoms with Crippen LogP contribution in [0.1, 0.15) is 19.3 Å². The second kappa shape index (κ2) is 5.01. The fourth-order valence-electron chi connectivity index (χ4n) is 2.33. The van der Waals surface area contributed by atoms with Gasteiger partial charge in [0.2, 0.25) is 10.0 Å². The van der Waals surface area contributed by atoms with E-state index in [4.69, 9.17) is 0 Å². The third kappa shape index (κ3) is 2.50. The lowest BCUT2D eigenvalue weighted by molar-refractivity contribution is -0.145. The maximum Gasteiger partial charge on any atom is 0.310 e. The maximum atomic E-state index is 12.2. The number of sulfonamides is 1. The van der Waals surface area contributed by atoms with Crippen LogP contribution < -0.4 is 4.83 Å². The van der Waals surface area contributed by atoms with Gasteiger partial charge in [0, 0.05) is 12.4 Å². The number of hydrogen-bond donors (Lipinski definition) is 1. The van der Waals surface area contributed by atoms with Gasteiger partial charge in [-0.1, -0.05) is 6.42 Å². The summed E-state index contributed by atoms with van der Waals surface area (Å²) in [5, 5.41) is -0.715. The normalized spacial score (nSPS) is 23.8. The van der Waals surface area contributed by atoms with Gasteiger partial charge in [0.1, 0.15) is 0 Å².